The molecule has 8 nitrogen and oxygen atoms in total. The third-order valence-electron chi connectivity index (χ3n) is 6.33. The summed E-state index contributed by atoms with van der Waals surface area (Å²) in [5.41, 5.74) is 4.20. The fourth-order valence-electron chi connectivity index (χ4n) is 4.50. The highest BCUT2D eigenvalue weighted by Gasteiger charge is 2.35. The molecule has 0 saturated carbocycles. The van der Waals surface area contributed by atoms with E-state index in [1.54, 1.807) is 12.1 Å². The number of anilines is 1. The smallest absolute Gasteiger partial charge is 0.305 e. The van der Waals surface area contributed by atoms with Gasteiger partial charge in [0.05, 0.1) is 36.4 Å². The third kappa shape index (κ3) is 7.77. The number of aryl methyl sites for hydroxylation is 1. The number of allylic oxidation sites excluding steroid dienone is 1. The molecule has 9 heteroatoms. The van der Waals surface area contributed by atoms with E-state index < -0.39 is 24.6 Å². The molecule has 2 atom stereocenters. The first-order valence-corrected chi connectivity index (χ1v) is 12.5. The summed E-state index contributed by atoms with van der Waals surface area (Å²) in [7, 11) is 0. The zero-order chi connectivity index (χ0) is 27.1. The Labute approximate surface area is 217 Å². The SMILES string of the molecule is Cc1ccc(CNC(=O)C2=C(C(C)C)N(CCC(O)CC(O)CC(=O)O)N(c3ccc(F)cc3)C2)cc1. The minimum Gasteiger partial charge on any atom is -0.481 e. The minimum absolute atomic E-state index is 0.0275. The van der Waals surface area contributed by atoms with Crippen molar-refractivity contribution < 1.29 is 29.3 Å². The molecule has 0 spiro atoms. The van der Waals surface area contributed by atoms with Crippen LogP contribution in [0.2, 0.25) is 0 Å². The van der Waals surface area contributed by atoms with Gasteiger partial charge in [0, 0.05) is 18.8 Å². The van der Waals surface area contributed by atoms with Crippen LogP contribution < -0.4 is 10.3 Å². The Morgan fingerprint density at radius 2 is 1.68 bits per heavy atom. The number of aliphatic hydroxyl groups is 2. The largest absolute Gasteiger partial charge is 0.481 e. The first kappa shape index (κ1) is 28.1. The lowest BCUT2D eigenvalue weighted by Crippen LogP contribution is -2.40. The van der Waals surface area contributed by atoms with Crippen LogP contribution in [-0.4, -0.2) is 57.5 Å². The maximum atomic E-state index is 13.6. The number of halogens is 1. The highest BCUT2D eigenvalue weighted by atomic mass is 19.1. The lowest BCUT2D eigenvalue weighted by Gasteiger charge is -2.36. The van der Waals surface area contributed by atoms with Crippen molar-refractivity contribution in [1.29, 1.82) is 0 Å². The molecule has 3 rings (SSSR count). The molecule has 0 aromatic heterocycles. The van der Waals surface area contributed by atoms with E-state index in [-0.39, 0.29) is 37.0 Å². The minimum atomic E-state index is -1.15. The van der Waals surface area contributed by atoms with Gasteiger partial charge < -0.3 is 20.6 Å². The van der Waals surface area contributed by atoms with Gasteiger partial charge in [-0.15, -0.1) is 0 Å². The van der Waals surface area contributed by atoms with Gasteiger partial charge in [0.25, 0.3) is 5.91 Å². The van der Waals surface area contributed by atoms with E-state index >= 15 is 0 Å². The molecule has 200 valence electrons. The number of aliphatic hydroxyl groups excluding tert-OH is 2. The fourth-order valence-corrected chi connectivity index (χ4v) is 4.50. The summed E-state index contributed by atoms with van der Waals surface area (Å²) in [6.07, 6.45) is -2.35. The molecule has 37 heavy (non-hydrogen) atoms. The van der Waals surface area contributed by atoms with Crippen LogP contribution in [0, 0.1) is 18.7 Å². The van der Waals surface area contributed by atoms with Crippen molar-refractivity contribution in [2.45, 2.75) is 58.8 Å². The first-order chi connectivity index (χ1) is 17.5. The normalized spacial score (nSPS) is 15.3. The molecule has 2 aromatic rings. The summed E-state index contributed by atoms with van der Waals surface area (Å²) >= 11 is 0. The summed E-state index contributed by atoms with van der Waals surface area (Å²) in [4.78, 5) is 24.2. The molecule has 0 saturated heterocycles. The number of hydrogen-bond acceptors (Lipinski definition) is 6. The lowest BCUT2D eigenvalue weighted by molar-refractivity contribution is -0.139. The quantitative estimate of drug-likeness (QED) is 0.344. The van der Waals surface area contributed by atoms with E-state index in [1.807, 2.05) is 55.1 Å². The van der Waals surface area contributed by atoms with Crippen molar-refractivity contribution in [2.75, 3.05) is 18.1 Å². The van der Waals surface area contributed by atoms with E-state index in [0.717, 1.165) is 16.8 Å². The molecule has 2 aromatic carbocycles. The standard InChI is InChI=1S/C28H36FN3O5/c1-18(2)27-25(28(37)30-16-20-6-4-19(3)5-7-20)17-32(22-10-8-21(29)9-11-22)31(27)13-12-23(33)14-24(34)15-26(35)36/h4-11,18,23-24,33-34H,12-17H2,1-3H3,(H,30,37)(H,35,36). The predicted octanol–water partition coefficient (Wildman–Crippen LogP) is 3.37. The number of carboxylic acids is 1. The zero-order valence-corrected chi connectivity index (χ0v) is 21.5. The van der Waals surface area contributed by atoms with Crippen molar-refractivity contribution in [3.63, 3.8) is 0 Å². The Balaban J connectivity index is 1.81. The second kappa shape index (κ2) is 12.7. The zero-order valence-electron chi connectivity index (χ0n) is 21.5. The number of rotatable bonds is 12. The van der Waals surface area contributed by atoms with Crippen molar-refractivity contribution >= 4 is 17.6 Å². The summed E-state index contributed by atoms with van der Waals surface area (Å²) in [5.74, 6) is -1.73. The molecule has 1 aliphatic heterocycles. The van der Waals surface area contributed by atoms with Gasteiger partial charge in [-0.2, -0.15) is 0 Å². The molecule has 1 heterocycles. The van der Waals surface area contributed by atoms with Crippen LogP contribution >= 0.6 is 0 Å². The Hall–Kier alpha value is -3.43. The number of nitrogens with zero attached hydrogens (tertiary/aromatic N) is 2. The van der Waals surface area contributed by atoms with Crippen LogP contribution in [0.3, 0.4) is 0 Å². The van der Waals surface area contributed by atoms with Crippen molar-refractivity contribution in [1.82, 2.24) is 10.3 Å². The van der Waals surface area contributed by atoms with E-state index in [2.05, 4.69) is 5.32 Å². The van der Waals surface area contributed by atoms with Gasteiger partial charge in [0.1, 0.15) is 5.82 Å². The predicted molar refractivity (Wildman–Crippen MR) is 139 cm³/mol. The van der Waals surface area contributed by atoms with E-state index in [0.29, 0.717) is 24.4 Å². The Kier molecular flexibility index (Phi) is 9.66. The van der Waals surface area contributed by atoms with Gasteiger partial charge in [-0.25, -0.2) is 4.39 Å². The number of carbonyl (C=O) groups excluding carboxylic acids is 1. The molecule has 0 bridgehead atoms. The molecule has 0 fully saturated rings. The van der Waals surface area contributed by atoms with Crippen LogP contribution in [0.4, 0.5) is 10.1 Å². The van der Waals surface area contributed by atoms with Crippen LogP contribution in [0.5, 0.6) is 0 Å². The molecule has 4 N–H and O–H groups in total. The molecule has 2 unspecified atom stereocenters. The second-order valence-corrected chi connectivity index (χ2v) is 9.77. The molecule has 0 radical (unpaired) electrons. The van der Waals surface area contributed by atoms with Gasteiger partial charge in [-0.3, -0.25) is 19.6 Å². The van der Waals surface area contributed by atoms with Gasteiger partial charge in [-0.1, -0.05) is 43.7 Å². The number of carbonyl (C=O) groups is 2. The number of benzene rings is 2. The van der Waals surface area contributed by atoms with Gasteiger partial charge in [-0.05, 0) is 55.5 Å². The Morgan fingerprint density at radius 3 is 2.27 bits per heavy atom. The van der Waals surface area contributed by atoms with Gasteiger partial charge >= 0.3 is 5.97 Å². The number of carboxylic acid groups (broad SMARTS) is 1. The van der Waals surface area contributed by atoms with Crippen molar-refractivity contribution in [3.8, 4) is 0 Å². The van der Waals surface area contributed by atoms with E-state index in [4.69, 9.17) is 5.11 Å². The number of hydrogen-bond donors (Lipinski definition) is 4. The summed E-state index contributed by atoms with van der Waals surface area (Å²) in [5, 5.41) is 36.0. The van der Waals surface area contributed by atoms with Crippen LogP contribution in [0.15, 0.2) is 59.8 Å². The molecular weight excluding hydrogens is 477 g/mol. The van der Waals surface area contributed by atoms with E-state index in [9.17, 15) is 24.2 Å². The maximum Gasteiger partial charge on any atom is 0.305 e. The van der Waals surface area contributed by atoms with Crippen LogP contribution in [-0.2, 0) is 16.1 Å². The summed E-state index contributed by atoms with van der Waals surface area (Å²) < 4.78 is 13.6. The Morgan fingerprint density at radius 1 is 1.03 bits per heavy atom. The highest BCUT2D eigenvalue weighted by molar-refractivity contribution is 5.96. The fraction of sp³-hybridized carbons (Fsp3) is 0.429. The molecular formula is C28H36FN3O5. The average Bonchev–Trinajstić information content (AvgIpc) is 3.22. The van der Waals surface area contributed by atoms with Gasteiger partial charge in [0.15, 0.2) is 0 Å². The van der Waals surface area contributed by atoms with Gasteiger partial charge in [0.2, 0.25) is 0 Å². The third-order valence-corrected chi connectivity index (χ3v) is 6.33. The van der Waals surface area contributed by atoms with Crippen molar-refractivity contribution in [2.24, 2.45) is 5.92 Å². The number of aliphatic carboxylic acids is 1. The number of nitrogens with one attached hydrogen (secondary N) is 1. The number of amides is 1. The average molecular weight is 514 g/mol. The molecule has 1 amide bonds. The summed E-state index contributed by atoms with van der Waals surface area (Å²) in [6, 6.07) is 13.9. The van der Waals surface area contributed by atoms with E-state index in [1.165, 1.54) is 12.1 Å². The molecule has 0 aliphatic carbocycles. The topological polar surface area (TPSA) is 113 Å². The lowest BCUT2D eigenvalue weighted by atomic mass is 10.0. The van der Waals surface area contributed by atoms with Crippen LogP contribution in [0.25, 0.3) is 0 Å². The van der Waals surface area contributed by atoms with Crippen LogP contribution in [0.1, 0.15) is 44.2 Å². The number of hydrazine groups is 1. The second-order valence-electron chi connectivity index (χ2n) is 9.77. The monoisotopic (exact) mass is 513 g/mol. The van der Waals surface area contributed by atoms with Crippen molar-refractivity contribution in [3.05, 3.63) is 76.7 Å². The maximum absolute atomic E-state index is 13.6. The first-order valence-electron chi connectivity index (χ1n) is 12.5. The highest BCUT2D eigenvalue weighted by Crippen LogP contribution is 2.34. The Bertz CT molecular complexity index is 1100. The summed E-state index contributed by atoms with van der Waals surface area (Å²) in [6.45, 7) is 6.94. The molecule has 1 aliphatic rings.